The number of hydrogen-bond donors (Lipinski definition) is 4. The van der Waals surface area contributed by atoms with Gasteiger partial charge < -0.3 is 34.3 Å². The fourth-order valence-electron chi connectivity index (χ4n) is 6.10. The molecule has 0 aromatic rings. The summed E-state index contributed by atoms with van der Waals surface area (Å²) in [6, 6.07) is 0. The molecule has 0 saturated carbocycles. The van der Waals surface area contributed by atoms with Crippen LogP contribution in [0.2, 0.25) is 0 Å². The van der Waals surface area contributed by atoms with Crippen molar-refractivity contribution in [1.29, 1.82) is 0 Å². The molecule has 0 radical (unpaired) electrons. The van der Waals surface area contributed by atoms with Gasteiger partial charge in [-0.1, -0.05) is 152 Å². The Morgan fingerprint density at radius 3 is 1.51 bits per heavy atom. The van der Waals surface area contributed by atoms with Crippen molar-refractivity contribution in [2.45, 2.75) is 192 Å². The molecule has 12 nitrogen and oxygen atoms in total. The molecule has 1 fully saturated rings. The number of esters is 2. The highest BCUT2D eigenvalue weighted by Crippen LogP contribution is 2.24. The van der Waals surface area contributed by atoms with Gasteiger partial charge in [-0.25, -0.2) is 0 Å². The first-order valence-electron chi connectivity index (χ1n) is 21.4. The number of hydrogen-bond acceptors (Lipinski definition) is 11. The van der Waals surface area contributed by atoms with Crippen molar-refractivity contribution in [1.82, 2.24) is 0 Å². The van der Waals surface area contributed by atoms with E-state index in [4.69, 9.17) is 18.9 Å². The normalized spacial score (nSPS) is 21.1. The number of carbonyl (C=O) groups is 2. The summed E-state index contributed by atoms with van der Waals surface area (Å²) in [7, 11) is -4.62. The Labute approximate surface area is 343 Å². The van der Waals surface area contributed by atoms with Crippen molar-refractivity contribution >= 4 is 22.1 Å². The van der Waals surface area contributed by atoms with E-state index < -0.39 is 71.4 Å². The molecule has 0 aliphatic carbocycles. The van der Waals surface area contributed by atoms with Crippen molar-refractivity contribution in [2.75, 3.05) is 12.4 Å². The maximum atomic E-state index is 12.7. The predicted octanol–water partition coefficient (Wildman–Crippen LogP) is 8.51. The molecule has 57 heavy (non-hydrogen) atoms. The van der Waals surface area contributed by atoms with Gasteiger partial charge in [0, 0.05) is 12.8 Å². The Morgan fingerprint density at radius 1 is 0.596 bits per heavy atom. The predicted molar refractivity (Wildman–Crippen MR) is 224 cm³/mol. The first-order chi connectivity index (χ1) is 27.5. The SMILES string of the molecule is CC/C=C\C/C=C\C/C=C\C/C=C\C/C=C\CCCC(=O)OC(CO[C@H]1O[C@H](CS(=O)(=O)O)[C@@H](O)[C@H](O)[C@H]1O)OC(=O)CCCCCCCCCCCCCCC. The standard InChI is InChI=1S/C44H74O12S/c1-3-5-7-9-11-13-15-17-18-19-20-22-24-26-28-30-32-34-39(46)56-40(35-53-44-43(49)42(48)41(47)37(54-44)36-57(50,51)52)55-38(45)33-31-29-27-25-23-21-16-14-12-10-8-6-4-2/h5,7,11,13,17-18,20,22,26,28,37,40-44,47-49H,3-4,6,8-10,12,14-16,19,21,23-25,27,29-36H2,1-2H3,(H,50,51,52)/b7-5-,13-11-,18-17-,22-20-,28-26-/t37-,40?,41-,42+,43-,44+/m1/s1. The van der Waals surface area contributed by atoms with Gasteiger partial charge in [0.1, 0.15) is 36.8 Å². The molecule has 0 aromatic heterocycles. The summed E-state index contributed by atoms with van der Waals surface area (Å²) >= 11 is 0. The average Bonchev–Trinajstić information content (AvgIpc) is 3.17. The second-order valence-electron chi connectivity index (χ2n) is 14.6. The molecule has 0 amide bonds. The zero-order valence-corrected chi connectivity index (χ0v) is 35.5. The number of rotatable bonds is 34. The van der Waals surface area contributed by atoms with Crippen LogP contribution in [-0.2, 0) is 38.7 Å². The second-order valence-corrected chi connectivity index (χ2v) is 16.1. The Kier molecular flexibility index (Phi) is 31.5. The van der Waals surface area contributed by atoms with Gasteiger partial charge >= 0.3 is 11.9 Å². The monoisotopic (exact) mass is 826 g/mol. The highest BCUT2D eigenvalue weighted by Gasteiger charge is 2.46. The van der Waals surface area contributed by atoms with Crippen molar-refractivity contribution in [2.24, 2.45) is 0 Å². The maximum absolute atomic E-state index is 12.7. The van der Waals surface area contributed by atoms with Crippen molar-refractivity contribution in [3.8, 4) is 0 Å². The van der Waals surface area contributed by atoms with E-state index in [-0.39, 0.29) is 12.8 Å². The van der Waals surface area contributed by atoms with Crippen LogP contribution in [0, 0.1) is 0 Å². The van der Waals surface area contributed by atoms with Gasteiger partial charge in [-0.2, -0.15) is 8.42 Å². The number of ether oxygens (including phenoxy) is 4. The third-order valence-corrected chi connectivity index (χ3v) is 10.1. The molecule has 0 bridgehead atoms. The van der Waals surface area contributed by atoms with Crippen molar-refractivity contribution in [3.63, 3.8) is 0 Å². The van der Waals surface area contributed by atoms with Gasteiger partial charge in [0.05, 0.1) is 0 Å². The molecule has 0 aromatic carbocycles. The fourth-order valence-corrected chi connectivity index (χ4v) is 6.79. The molecule has 0 spiro atoms. The molecule has 1 unspecified atom stereocenters. The second kappa shape index (κ2) is 34.2. The highest BCUT2D eigenvalue weighted by molar-refractivity contribution is 7.85. The molecule has 1 aliphatic rings. The molecule has 6 atom stereocenters. The Balaban J connectivity index is 2.54. The lowest BCUT2D eigenvalue weighted by molar-refractivity contribution is -0.303. The third-order valence-electron chi connectivity index (χ3n) is 9.36. The van der Waals surface area contributed by atoms with Gasteiger partial charge in [-0.15, -0.1) is 0 Å². The van der Waals surface area contributed by atoms with Crippen molar-refractivity contribution < 1.29 is 56.8 Å². The minimum atomic E-state index is -4.62. The lowest BCUT2D eigenvalue weighted by atomic mass is 10.00. The van der Waals surface area contributed by atoms with Crippen LogP contribution in [0.15, 0.2) is 60.8 Å². The van der Waals surface area contributed by atoms with Gasteiger partial charge in [0.15, 0.2) is 6.29 Å². The quantitative estimate of drug-likeness (QED) is 0.0160. The van der Waals surface area contributed by atoms with Crippen LogP contribution < -0.4 is 0 Å². The van der Waals surface area contributed by atoms with E-state index in [0.29, 0.717) is 19.3 Å². The largest absolute Gasteiger partial charge is 0.423 e. The number of allylic oxidation sites excluding steroid dienone is 10. The zero-order valence-electron chi connectivity index (χ0n) is 34.7. The van der Waals surface area contributed by atoms with E-state index in [1.807, 2.05) is 12.2 Å². The van der Waals surface area contributed by atoms with E-state index in [1.165, 1.54) is 57.8 Å². The molecule has 13 heteroatoms. The Bertz CT molecular complexity index is 1290. The molecule has 328 valence electrons. The molecular weight excluding hydrogens is 753 g/mol. The van der Waals surface area contributed by atoms with Crippen LogP contribution in [0.3, 0.4) is 0 Å². The number of unbranched alkanes of at least 4 members (excludes halogenated alkanes) is 13. The molecule has 4 N–H and O–H groups in total. The first-order valence-corrected chi connectivity index (χ1v) is 23.0. The molecule has 1 heterocycles. The molecule has 1 rings (SSSR count). The van der Waals surface area contributed by atoms with Crippen LogP contribution >= 0.6 is 0 Å². The lowest BCUT2D eigenvalue weighted by Crippen LogP contribution is -2.60. The lowest BCUT2D eigenvalue weighted by Gasteiger charge is -2.40. The average molecular weight is 827 g/mol. The molecule has 1 aliphatic heterocycles. The van der Waals surface area contributed by atoms with Crippen LogP contribution in [0.4, 0.5) is 0 Å². The van der Waals surface area contributed by atoms with Crippen molar-refractivity contribution in [3.05, 3.63) is 60.8 Å². The van der Waals surface area contributed by atoms with Gasteiger partial charge in [-0.3, -0.25) is 14.1 Å². The van der Waals surface area contributed by atoms with Crippen LogP contribution in [0.25, 0.3) is 0 Å². The highest BCUT2D eigenvalue weighted by atomic mass is 32.2. The summed E-state index contributed by atoms with van der Waals surface area (Å²) in [6.45, 7) is 3.74. The summed E-state index contributed by atoms with van der Waals surface area (Å²) in [5, 5.41) is 30.8. The van der Waals surface area contributed by atoms with Gasteiger partial charge in [0.2, 0.25) is 0 Å². The van der Waals surface area contributed by atoms with E-state index in [9.17, 15) is 37.9 Å². The van der Waals surface area contributed by atoms with E-state index >= 15 is 0 Å². The minimum Gasteiger partial charge on any atom is -0.423 e. The zero-order chi connectivity index (χ0) is 42.0. The fraction of sp³-hybridized carbons (Fsp3) is 0.727. The Morgan fingerprint density at radius 2 is 1.04 bits per heavy atom. The van der Waals surface area contributed by atoms with E-state index in [0.717, 1.165) is 51.4 Å². The van der Waals surface area contributed by atoms with E-state index in [1.54, 1.807) is 0 Å². The minimum absolute atomic E-state index is 0.0328. The first kappa shape index (κ1) is 52.4. The van der Waals surface area contributed by atoms with Gasteiger partial charge in [0.25, 0.3) is 16.4 Å². The summed E-state index contributed by atoms with van der Waals surface area (Å²) in [5.74, 6) is -2.32. The summed E-state index contributed by atoms with van der Waals surface area (Å²) in [5.41, 5.74) is 0. The van der Waals surface area contributed by atoms with Gasteiger partial charge in [-0.05, 0) is 51.4 Å². The van der Waals surface area contributed by atoms with Crippen LogP contribution in [0.1, 0.15) is 155 Å². The summed E-state index contributed by atoms with van der Waals surface area (Å²) < 4.78 is 53.6. The van der Waals surface area contributed by atoms with Crippen LogP contribution in [-0.4, -0.2) is 89.6 Å². The Hall–Kier alpha value is -2.65. The third kappa shape index (κ3) is 29.2. The topological polar surface area (TPSA) is 186 Å². The summed E-state index contributed by atoms with van der Waals surface area (Å²) in [6.07, 6.45) is 31.5. The number of carbonyl (C=O) groups excluding carboxylic acids is 2. The van der Waals surface area contributed by atoms with Crippen LogP contribution in [0.5, 0.6) is 0 Å². The molecule has 1 saturated heterocycles. The van der Waals surface area contributed by atoms with E-state index in [2.05, 4.69) is 62.5 Å². The summed E-state index contributed by atoms with van der Waals surface area (Å²) in [4.78, 5) is 25.5. The number of aliphatic hydroxyl groups excluding tert-OH is 3. The smallest absolute Gasteiger partial charge is 0.308 e. The maximum Gasteiger partial charge on any atom is 0.308 e. The molecular formula is C44H74O12S. The number of aliphatic hydroxyl groups is 3.